The summed E-state index contributed by atoms with van der Waals surface area (Å²) in [7, 11) is 2.25. The second-order valence-electron chi connectivity index (χ2n) is 15.0. The van der Waals surface area contributed by atoms with Gasteiger partial charge in [-0.25, -0.2) is 0 Å². The number of para-hydroxylation sites is 4. The maximum atomic E-state index is 2.45. The first kappa shape index (κ1) is 32.3. The summed E-state index contributed by atoms with van der Waals surface area (Å²) in [5, 5.41) is 10.6. The van der Waals surface area contributed by atoms with Gasteiger partial charge in [-0.05, 0) is 112 Å². The van der Waals surface area contributed by atoms with Crippen LogP contribution in [-0.4, -0.2) is 4.57 Å². The van der Waals surface area contributed by atoms with Crippen LogP contribution >= 0.6 is 11.8 Å². The van der Waals surface area contributed by atoms with Gasteiger partial charge in [-0.3, -0.25) is 0 Å². The van der Waals surface area contributed by atoms with Gasteiger partial charge < -0.3 is 14.4 Å². The molecule has 0 fully saturated rings. The number of fused-ring (bicyclic) bond motifs is 7. The van der Waals surface area contributed by atoms with Crippen LogP contribution in [0.2, 0.25) is 0 Å². The fourth-order valence-corrected chi connectivity index (χ4v) is 10.6. The van der Waals surface area contributed by atoms with Crippen LogP contribution in [-0.2, 0) is 7.05 Å². The highest BCUT2D eigenvalue weighted by Crippen LogP contribution is 2.55. The largest absolute Gasteiger partial charge is 0.343 e. The summed E-state index contributed by atoms with van der Waals surface area (Å²) in [5.74, 6) is 0. The monoisotopic (exact) mass is 745 g/mol. The number of rotatable bonds is 6. The lowest BCUT2D eigenvalue weighted by Gasteiger charge is -2.28. The lowest BCUT2D eigenvalue weighted by Crippen LogP contribution is -2.10. The summed E-state index contributed by atoms with van der Waals surface area (Å²) < 4.78 is 2.44. The van der Waals surface area contributed by atoms with Gasteiger partial charge in [0.1, 0.15) is 0 Å². The number of aromatic nitrogens is 1. The van der Waals surface area contributed by atoms with E-state index in [1.54, 1.807) is 0 Å². The zero-order valence-electron chi connectivity index (χ0n) is 31.2. The zero-order valence-corrected chi connectivity index (χ0v) is 32.0. The van der Waals surface area contributed by atoms with Crippen LogP contribution in [0.25, 0.3) is 65.3 Å². The molecule has 0 bridgehead atoms. The third-order valence-corrected chi connectivity index (χ3v) is 13.0. The quantitative estimate of drug-likeness (QED) is 0.157. The highest BCUT2D eigenvalue weighted by Gasteiger charge is 2.27. The molecule has 268 valence electrons. The third kappa shape index (κ3) is 4.81. The number of hydrogen-bond donors (Lipinski definition) is 0. The highest BCUT2D eigenvalue weighted by molar-refractivity contribution is 7.99. The zero-order chi connectivity index (χ0) is 37.6. The molecule has 1 aliphatic heterocycles. The highest BCUT2D eigenvalue weighted by atomic mass is 32.2. The number of hydrogen-bond acceptors (Lipinski definition) is 3. The molecule has 0 N–H and O–H groups in total. The molecule has 4 heteroatoms. The summed E-state index contributed by atoms with van der Waals surface area (Å²) in [4.78, 5) is 7.29. The Hall–Kier alpha value is -7.01. The Kier molecular flexibility index (Phi) is 7.08. The summed E-state index contributed by atoms with van der Waals surface area (Å²) in [6, 6.07) is 70.8. The molecular formula is C53H35N3S. The van der Waals surface area contributed by atoms with E-state index in [9.17, 15) is 0 Å². The molecule has 0 atom stereocenters. The van der Waals surface area contributed by atoms with Crippen molar-refractivity contribution >= 4 is 100 Å². The minimum atomic E-state index is 1.14. The second kappa shape index (κ2) is 12.5. The van der Waals surface area contributed by atoms with Crippen molar-refractivity contribution in [1.82, 2.24) is 4.57 Å². The smallest absolute Gasteiger partial charge is 0.0575 e. The van der Waals surface area contributed by atoms with E-state index in [4.69, 9.17) is 0 Å². The average Bonchev–Trinajstić information content (AvgIpc) is 3.56. The van der Waals surface area contributed by atoms with Gasteiger partial charge in [-0.1, -0.05) is 121 Å². The lowest BCUT2D eigenvalue weighted by atomic mass is 9.86. The Balaban J connectivity index is 1.08. The SMILES string of the molecule is Cn1c2cc(N(c3ccccc3)c3ccccc3)ccc2c2c3cccc4cc5c6c(ccc(c6c43)c21)Sc1cc(N(c2ccccc2)c2ccccc2)ccc1-5. The van der Waals surface area contributed by atoms with Gasteiger partial charge in [-0.15, -0.1) is 0 Å². The van der Waals surface area contributed by atoms with Crippen molar-refractivity contribution in [3.05, 3.63) is 194 Å². The second-order valence-corrected chi connectivity index (χ2v) is 16.1. The van der Waals surface area contributed by atoms with Crippen LogP contribution in [0.5, 0.6) is 0 Å². The summed E-state index contributed by atoms with van der Waals surface area (Å²) in [6.45, 7) is 0. The Morgan fingerprint density at radius 1 is 0.368 bits per heavy atom. The minimum absolute atomic E-state index is 1.14. The molecule has 1 aliphatic rings. The van der Waals surface area contributed by atoms with E-state index >= 15 is 0 Å². The number of nitrogens with zero attached hydrogens (tertiary/aromatic N) is 3. The molecule has 0 aliphatic carbocycles. The van der Waals surface area contributed by atoms with Crippen molar-refractivity contribution in [2.45, 2.75) is 9.79 Å². The lowest BCUT2D eigenvalue weighted by molar-refractivity contribution is 1.02. The molecule has 0 radical (unpaired) electrons. The van der Waals surface area contributed by atoms with Crippen LogP contribution in [0.15, 0.2) is 204 Å². The Morgan fingerprint density at radius 3 is 1.54 bits per heavy atom. The Labute approximate surface area is 335 Å². The van der Waals surface area contributed by atoms with E-state index in [-0.39, 0.29) is 0 Å². The predicted molar refractivity (Wildman–Crippen MR) is 243 cm³/mol. The third-order valence-electron chi connectivity index (χ3n) is 11.8. The van der Waals surface area contributed by atoms with E-state index in [0.29, 0.717) is 0 Å². The fourth-order valence-electron chi connectivity index (χ4n) is 9.44. The van der Waals surface area contributed by atoms with Crippen molar-refractivity contribution in [1.29, 1.82) is 0 Å². The Morgan fingerprint density at radius 2 is 0.930 bits per heavy atom. The van der Waals surface area contributed by atoms with Crippen LogP contribution in [0, 0.1) is 0 Å². The number of aryl methyl sites for hydroxylation is 1. The van der Waals surface area contributed by atoms with E-state index in [1.165, 1.54) is 75.0 Å². The number of anilines is 6. The van der Waals surface area contributed by atoms with Crippen LogP contribution in [0.3, 0.4) is 0 Å². The molecule has 0 saturated carbocycles. The average molecular weight is 746 g/mol. The molecule has 0 amide bonds. The van der Waals surface area contributed by atoms with Gasteiger partial charge in [0.2, 0.25) is 0 Å². The van der Waals surface area contributed by atoms with Crippen LogP contribution in [0.1, 0.15) is 0 Å². The van der Waals surface area contributed by atoms with Crippen molar-refractivity contribution in [2.75, 3.05) is 9.80 Å². The molecule has 2 heterocycles. The first-order valence-corrected chi connectivity index (χ1v) is 20.3. The van der Waals surface area contributed by atoms with E-state index in [2.05, 4.69) is 216 Å². The van der Waals surface area contributed by atoms with E-state index in [0.717, 1.165) is 34.1 Å². The standard InChI is InChI=1S/C53H35N3S/c1-54-46-32-39(55(35-16-6-2-7-17-35)36-18-8-3-9-19-36)26-28-42(46)50-43-24-14-15-34-31-45-41-27-25-40(56(37-20-10-4-11-21-37)38-22-12-5-13-23-38)33-48(41)57-47-30-29-44(53(50)54)52(49(34)43)51(45)47/h2-33H,1H3. The first-order chi connectivity index (χ1) is 28.2. The van der Waals surface area contributed by atoms with Crippen LogP contribution < -0.4 is 9.80 Å². The van der Waals surface area contributed by atoms with Gasteiger partial charge in [0.15, 0.2) is 0 Å². The molecule has 0 unspecified atom stereocenters. The fraction of sp³-hybridized carbons (Fsp3) is 0.0189. The molecule has 11 aromatic rings. The maximum absolute atomic E-state index is 2.45. The molecule has 0 spiro atoms. The molecule has 0 saturated heterocycles. The summed E-state index contributed by atoms with van der Waals surface area (Å²) in [6.07, 6.45) is 0. The predicted octanol–water partition coefficient (Wildman–Crippen LogP) is 15.3. The van der Waals surface area contributed by atoms with Crippen molar-refractivity contribution in [3.8, 4) is 11.1 Å². The molecule has 12 rings (SSSR count). The van der Waals surface area contributed by atoms with Gasteiger partial charge in [0.25, 0.3) is 0 Å². The molecule has 3 nitrogen and oxygen atoms in total. The van der Waals surface area contributed by atoms with Gasteiger partial charge in [0.05, 0.1) is 11.0 Å². The minimum Gasteiger partial charge on any atom is -0.343 e. The van der Waals surface area contributed by atoms with E-state index in [1.807, 2.05) is 11.8 Å². The summed E-state index contributed by atoms with van der Waals surface area (Å²) in [5.41, 5.74) is 11.9. The molecular weight excluding hydrogens is 711 g/mol. The van der Waals surface area contributed by atoms with Crippen molar-refractivity contribution in [2.24, 2.45) is 7.05 Å². The van der Waals surface area contributed by atoms with Gasteiger partial charge in [-0.2, -0.15) is 0 Å². The van der Waals surface area contributed by atoms with E-state index < -0.39 is 0 Å². The van der Waals surface area contributed by atoms with Crippen molar-refractivity contribution < 1.29 is 0 Å². The summed E-state index contributed by atoms with van der Waals surface area (Å²) >= 11 is 1.90. The van der Waals surface area contributed by atoms with Crippen LogP contribution in [0.4, 0.5) is 34.1 Å². The van der Waals surface area contributed by atoms with Gasteiger partial charge >= 0.3 is 0 Å². The molecule has 10 aromatic carbocycles. The first-order valence-electron chi connectivity index (χ1n) is 19.5. The normalized spacial score (nSPS) is 12.2. The van der Waals surface area contributed by atoms with Gasteiger partial charge in [0, 0.05) is 77.9 Å². The Bertz CT molecular complexity index is 3240. The van der Waals surface area contributed by atoms with Crippen molar-refractivity contribution in [3.63, 3.8) is 0 Å². The molecule has 57 heavy (non-hydrogen) atoms. The topological polar surface area (TPSA) is 11.4 Å². The molecule has 1 aromatic heterocycles. The number of benzene rings is 10. The maximum Gasteiger partial charge on any atom is 0.0575 e.